The van der Waals surface area contributed by atoms with Gasteiger partial charge in [-0.1, -0.05) is 88.4 Å². The van der Waals surface area contributed by atoms with E-state index in [9.17, 15) is 48.9 Å². The average molecular weight is 776 g/mol. The summed E-state index contributed by atoms with van der Waals surface area (Å²) in [6.45, 7) is 8.48. The van der Waals surface area contributed by atoms with Crippen molar-refractivity contribution in [2.24, 2.45) is 11.8 Å². The van der Waals surface area contributed by atoms with Crippen LogP contribution in [0.15, 0.2) is 72.8 Å². The van der Waals surface area contributed by atoms with E-state index in [1.807, 2.05) is 44.2 Å². The van der Waals surface area contributed by atoms with Crippen molar-refractivity contribution in [3.63, 3.8) is 0 Å². The molecule has 0 aliphatic carbocycles. The summed E-state index contributed by atoms with van der Waals surface area (Å²) in [4.78, 5) is 89.4. The molecule has 8 N–H and O–H groups in total. The van der Waals surface area contributed by atoms with Crippen LogP contribution < -0.4 is 26.6 Å². The van der Waals surface area contributed by atoms with E-state index in [-0.39, 0.29) is 18.8 Å². The molecule has 0 aliphatic heterocycles. The number of rotatable bonds is 21. The lowest BCUT2D eigenvalue weighted by atomic mass is 9.96. The van der Waals surface area contributed by atoms with Gasteiger partial charge in [-0.3, -0.25) is 28.8 Å². The van der Waals surface area contributed by atoms with Crippen LogP contribution >= 0.6 is 0 Å². The van der Waals surface area contributed by atoms with Crippen molar-refractivity contribution >= 4 is 52.2 Å². The number of carbonyl (C=O) groups is 7. The van der Waals surface area contributed by atoms with Crippen LogP contribution in [0.1, 0.15) is 76.2 Å². The maximum Gasteiger partial charge on any atom is 0.326 e. The molecular weight excluding hydrogens is 722 g/mol. The second-order valence-electron chi connectivity index (χ2n) is 14.6. The van der Waals surface area contributed by atoms with Gasteiger partial charge >= 0.3 is 11.9 Å². The minimum Gasteiger partial charge on any atom is -0.481 e. The zero-order valence-corrected chi connectivity index (χ0v) is 32.3. The van der Waals surface area contributed by atoms with E-state index in [1.54, 1.807) is 56.3 Å². The SMILES string of the molecule is CC(C)CC(NC(=O)c1ccc2ccccc2c1)[C@@H](O)CC(=O)N[C@@H](C(=O)N[C@H](C)C(=O)N[C@H](CCC(=O)O)C(=O)N[C@H](Cc1ccccc1)C(=O)O)C(C)C. The zero-order chi connectivity index (χ0) is 41.5. The third-order valence-electron chi connectivity index (χ3n) is 9.11. The Morgan fingerprint density at radius 1 is 0.661 bits per heavy atom. The first kappa shape index (κ1) is 44.6. The second-order valence-corrected chi connectivity index (χ2v) is 14.6. The summed E-state index contributed by atoms with van der Waals surface area (Å²) in [5, 5.41) is 44.7. The number of nitrogens with one attached hydrogen (secondary N) is 5. The largest absolute Gasteiger partial charge is 0.481 e. The van der Waals surface area contributed by atoms with Crippen LogP contribution in [0, 0.1) is 11.8 Å². The van der Waals surface area contributed by atoms with Gasteiger partial charge in [0.15, 0.2) is 0 Å². The maximum atomic E-state index is 13.4. The molecule has 15 heteroatoms. The maximum absolute atomic E-state index is 13.4. The Kier molecular flexibility index (Phi) is 17.0. The third-order valence-corrected chi connectivity index (χ3v) is 9.11. The number of amides is 5. The second kappa shape index (κ2) is 21.3. The van der Waals surface area contributed by atoms with Gasteiger partial charge in [-0.2, -0.15) is 0 Å². The molecule has 1 unspecified atom stereocenters. The normalized spacial score (nSPS) is 14.4. The topological polar surface area (TPSA) is 240 Å². The van der Waals surface area contributed by atoms with E-state index >= 15 is 0 Å². The molecule has 0 aromatic heterocycles. The monoisotopic (exact) mass is 775 g/mol. The minimum absolute atomic E-state index is 0.0547. The van der Waals surface area contributed by atoms with Gasteiger partial charge in [-0.15, -0.1) is 0 Å². The number of aliphatic hydroxyl groups is 1. The van der Waals surface area contributed by atoms with E-state index in [0.29, 0.717) is 17.5 Å². The lowest BCUT2D eigenvalue weighted by Gasteiger charge is -2.28. The van der Waals surface area contributed by atoms with Gasteiger partial charge in [0.05, 0.1) is 18.6 Å². The number of carboxylic acids is 2. The highest BCUT2D eigenvalue weighted by Gasteiger charge is 2.32. The summed E-state index contributed by atoms with van der Waals surface area (Å²) in [5.41, 5.74) is 1.02. The molecule has 0 fully saturated rings. The van der Waals surface area contributed by atoms with Gasteiger partial charge in [0, 0.05) is 18.4 Å². The first-order valence-corrected chi connectivity index (χ1v) is 18.6. The summed E-state index contributed by atoms with van der Waals surface area (Å²) >= 11 is 0. The summed E-state index contributed by atoms with van der Waals surface area (Å²) in [5.74, 6) is -6.61. The molecule has 3 aromatic rings. The van der Waals surface area contributed by atoms with Crippen molar-refractivity contribution in [2.75, 3.05) is 0 Å². The predicted molar refractivity (Wildman–Crippen MR) is 208 cm³/mol. The fourth-order valence-corrected chi connectivity index (χ4v) is 6.03. The Morgan fingerprint density at radius 3 is 1.89 bits per heavy atom. The van der Waals surface area contributed by atoms with Gasteiger partial charge in [-0.05, 0) is 60.1 Å². The van der Waals surface area contributed by atoms with Crippen LogP contribution in [0.25, 0.3) is 10.8 Å². The quantitative estimate of drug-likeness (QED) is 0.0787. The third kappa shape index (κ3) is 14.1. The van der Waals surface area contributed by atoms with Crippen LogP contribution in [0.2, 0.25) is 0 Å². The Morgan fingerprint density at radius 2 is 1.29 bits per heavy atom. The first-order chi connectivity index (χ1) is 26.4. The van der Waals surface area contributed by atoms with Crippen LogP contribution in [0.4, 0.5) is 0 Å². The van der Waals surface area contributed by atoms with Crippen molar-refractivity contribution in [3.8, 4) is 0 Å². The lowest BCUT2D eigenvalue weighted by molar-refractivity contribution is -0.143. The Hall–Kier alpha value is -5.83. The minimum atomic E-state index is -1.45. The van der Waals surface area contributed by atoms with Crippen molar-refractivity contribution in [3.05, 3.63) is 83.9 Å². The van der Waals surface area contributed by atoms with Gasteiger partial charge in [0.25, 0.3) is 5.91 Å². The summed E-state index contributed by atoms with van der Waals surface area (Å²) in [6.07, 6.45) is -2.32. The predicted octanol–water partition coefficient (Wildman–Crippen LogP) is 2.54. The van der Waals surface area contributed by atoms with Crippen LogP contribution in [0.5, 0.6) is 0 Å². The highest BCUT2D eigenvalue weighted by Crippen LogP contribution is 2.18. The number of aliphatic carboxylic acids is 2. The highest BCUT2D eigenvalue weighted by molar-refractivity contribution is 5.99. The molecule has 0 radical (unpaired) electrons. The van der Waals surface area contributed by atoms with Crippen molar-refractivity contribution in [1.29, 1.82) is 0 Å². The molecule has 15 nitrogen and oxygen atoms in total. The number of aliphatic hydroxyl groups excluding tert-OH is 1. The lowest BCUT2D eigenvalue weighted by Crippen LogP contribution is -2.58. The summed E-state index contributed by atoms with van der Waals surface area (Å²) in [6, 6.07) is 15.3. The van der Waals surface area contributed by atoms with Gasteiger partial charge in [0.1, 0.15) is 24.2 Å². The fraction of sp³-hybridized carbons (Fsp3) is 0.439. The molecular formula is C41H53N5O10. The number of hydrogen-bond acceptors (Lipinski definition) is 8. The fourth-order valence-electron chi connectivity index (χ4n) is 6.03. The molecule has 3 aromatic carbocycles. The van der Waals surface area contributed by atoms with Crippen LogP contribution in [0.3, 0.4) is 0 Å². The van der Waals surface area contributed by atoms with E-state index in [4.69, 9.17) is 0 Å². The van der Waals surface area contributed by atoms with Crippen molar-refractivity contribution in [1.82, 2.24) is 26.6 Å². The molecule has 5 amide bonds. The first-order valence-electron chi connectivity index (χ1n) is 18.6. The van der Waals surface area contributed by atoms with E-state index in [2.05, 4.69) is 26.6 Å². The molecule has 0 bridgehead atoms. The molecule has 0 spiro atoms. The summed E-state index contributed by atoms with van der Waals surface area (Å²) in [7, 11) is 0. The standard InChI is InChI=1S/C41H53N5O10/c1-23(2)19-31(44-38(52)29-16-15-27-13-9-10-14-28(27)21-29)33(47)22-34(48)46-36(24(3)4)40(54)42-25(5)37(51)43-30(17-18-35(49)50)39(53)45-32(41(55)56)20-26-11-7-6-8-12-26/h6-16,21,23-25,30-33,36,47H,17-20,22H2,1-5H3,(H,42,54)(H,43,51)(H,44,52)(H,45,53)(H,46,48)(H,49,50)(H,55,56)/t25-,30-,31?,32-,33+,36-/m1/s1. The smallest absolute Gasteiger partial charge is 0.326 e. The Balaban J connectivity index is 1.63. The average Bonchev–Trinajstić information content (AvgIpc) is 3.14. The number of benzene rings is 3. The molecule has 0 aliphatic rings. The number of hydrogen-bond donors (Lipinski definition) is 8. The van der Waals surface area contributed by atoms with Gasteiger partial charge in [-0.25, -0.2) is 4.79 Å². The molecule has 6 atom stereocenters. The molecule has 0 saturated carbocycles. The molecule has 0 heterocycles. The molecule has 3 rings (SSSR count). The van der Waals surface area contributed by atoms with E-state index in [1.165, 1.54) is 6.92 Å². The Bertz CT molecular complexity index is 1850. The van der Waals surface area contributed by atoms with Gasteiger partial charge < -0.3 is 41.9 Å². The van der Waals surface area contributed by atoms with Gasteiger partial charge in [0.2, 0.25) is 23.6 Å². The number of carboxylic acid groups (broad SMARTS) is 2. The highest BCUT2D eigenvalue weighted by atomic mass is 16.4. The number of fused-ring (bicyclic) bond motifs is 1. The molecule has 302 valence electrons. The van der Waals surface area contributed by atoms with E-state index < -0.39 is 96.5 Å². The zero-order valence-electron chi connectivity index (χ0n) is 32.3. The van der Waals surface area contributed by atoms with E-state index in [0.717, 1.165) is 10.8 Å². The summed E-state index contributed by atoms with van der Waals surface area (Å²) < 4.78 is 0. The molecule has 56 heavy (non-hydrogen) atoms. The van der Waals surface area contributed by atoms with Crippen molar-refractivity contribution in [2.45, 2.75) is 103 Å². The Labute approximate surface area is 326 Å². The van der Waals surface area contributed by atoms with Crippen LogP contribution in [-0.4, -0.2) is 93.1 Å². The molecule has 0 saturated heterocycles. The number of carbonyl (C=O) groups excluding carboxylic acids is 5. The van der Waals surface area contributed by atoms with Crippen molar-refractivity contribution < 1.29 is 48.9 Å². The van der Waals surface area contributed by atoms with Crippen LogP contribution in [-0.2, 0) is 35.2 Å².